The Morgan fingerprint density at radius 3 is 2.50 bits per heavy atom. The third-order valence-corrected chi connectivity index (χ3v) is 6.70. The summed E-state index contributed by atoms with van der Waals surface area (Å²) < 4.78 is 6.03. The van der Waals surface area contributed by atoms with Crippen LogP contribution in [0.5, 0.6) is 11.5 Å². The van der Waals surface area contributed by atoms with E-state index < -0.39 is 0 Å². The molecule has 4 heteroatoms. The molecule has 1 saturated heterocycles. The van der Waals surface area contributed by atoms with Gasteiger partial charge in [0.05, 0.1) is 18.2 Å². The number of quaternary nitrogens is 1. The summed E-state index contributed by atoms with van der Waals surface area (Å²) in [5.74, 6) is 0.534. The van der Waals surface area contributed by atoms with E-state index in [1.807, 2.05) is 42.5 Å². The maximum atomic E-state index is 13.0. The van der Waals surface area contributed by atoms with Gasteiger partial charge in [0, 0.05) is 5.56 Å². The normalized spacial score (nSPS) is 21.4. The van der Waals surface area contributed by atoms with Gasteiger partial charge in [-0.3, -0.25) is 4.79 Å². The van der Waals surface area contributed by atoms with Gasteiger partial charge >= 0.3 is 0 Å². The summed E-state index contributed by atoms with van der Waals surface area (Å²) in [6, 6.07) is 21.8. The van der Waals surface area contributed by atoms with Gasteiger partial charge in [0.15, 0.2) is 5.76 Å². The SMILES string of the molecule is CC1CCCC[NH+]1Cc1c([O-])ccc2c1OC(=Cc1ccc(-c3ccccc3)cc1)C2=O. The predicted molar refractivity (Wildman–Crippen MR) is 124 cm³/mol. The highest BCUT2D eigenvalue weighted by molar-refractivity contribution is 6.15. The molecule has 1 fully saturated rings. The van der Waals surface area contributed by atoms with Crippen LogP contribution < -0.4 is 14.7 Å². The third kappa shape index (κ3) is 3.94. The van der Waals surface area contributed by atoms with Crippen LogP contribution in [0.25, 0.3) is 17.2 Å². The Bertz CT molecular complexity index is 1170. The Labute approximate surface area is 188 Å². The average molecular weight is 426 g/mol. The lowest BCUT2D eigenvalue weighted by Crippen LogP contribution is -3.14. The van der Waals surface area contributed by atoms with Crippen molar-refractivity contribution in [1.82, 2.24) is 0 Å². The van der Waals surface area contributed by atoms with Crippen LogP contribution in [-0.2, 0) is 6.54 Å². The van der Waals surface area contributed by atoms with E-state index >= 15 is 0 Å². The summed E-state index contributed by atoms with van der Waals surface area (Å²) in [7, 11) is 0. The number of Topliss-reactive ketones (excluding diaryl/α,β-unsaturated/α-hetero) is 1. The Morgan fingerprint density at radius 1 is 1.00 bits per heavy atom. The molecular formula is C28H27NO3. The molecule has 2 heterocycles. The zero-order chi connectivity index (χ0) is 22.1. The number of hydrogen-bond acceptors (Lipinski definition) is 3. The van der Waals surface area contributed by atoms with Gasteiger partial charge in [-0.15, -0.1) is 0 Å². The van der Waals surface area contributed by atoms with E-state index in [2.05, 4.69) is 19.1 Å². The summed E-state index contributed by atoms with van der Waals surface area (Å²) in [5.41, 5.74) is 4.28. The van der Waals surface area contributed by atoms with Crippen molar-refractivity contribution in [2.45, 2.75) is 38.8 Å². The van der Waals surface area contributed by atoms with E-state index in [4.69, 9.17) is 4.74 Å². The van der Waals surface area contributed by atoms with Gasteiger partial charge in [0.1, 0.15) is 12.3 Å². The van der Waals surface area contributed by atoms with Crippen molar-refractivity contribution in [3.8, 4) is 22.6 Å². The molecule has 0 radical (unpaired) electrons. The monoisotopic (exact) mass is 425 g/mol. The molecule has 162 valence electrons. The van der Waals surface area contributed by atoms with Crippen LogP contribution in [0.15, 0.2) is 72.5 Å². The predicted octanol–water partition coefficient (Wildman–Crippen LogP) is 4.00. The van der Waals surface area contributed by atoms with Crippen molar-refractivity contribution >= 4 is 11.9 Å². The highest BCUT2D eigenvalue weighted by atomic mass is 16.5. The number of hydrogen-bond donors (Lipinski definition) is 1. The van der Waals surface area contributed by atoms with E-state index in [-0.39, 0.29) is 17.3 Å². The van der Waals surface area contributed by atoms with Gasteiger partial charge in [-0.25, -0.2) is 0 Å². The van der Waals surface area contributed by atoms with Crippen molar-refractivity contribution < 1.29 is 19.5 Å². The van der Waals surface area contributed by atoms with Crippen LogP contribution in [0, 0.1) is 0 Å². The largest absolute Gasteiger partial charge is 0.872 e. The van der Waals surface area contributed by atoms with E-state index in [1.165, 1.54) is 30.2 Å². The number of ether oxygens (including phenoxy) is 1. The number of carbonyl (C=O) groups excluding carboxylic acids is 1. The second kappa shape index (κ2) is 8.64. The number of fused-ring (bicyclic) bond motifs is 1. The number of nitrogens with one attached hydrogen (secondary N) is 1. The molecule has 0 amide bonds. The third-order valence-electron chi connectivity index (χ3n) is 6.70. The van der Waals surface area contributed by atoms with Crippen molar-refractivity contribution in [1.29, 1.82) is 0 Å². The molecule has 32 heavy (non-hydrogen) atoms. The first kappa shape index (κ1) is 20.5. The fraction of sp³-hybridized carbons (Fsp3) is 0.250. The maximum Gasteiger partial charge on any atom is 0.231 e. The van der Waals surface area contributed by atoms with Crippen LogP contribution in [0.3, 0.4) is 0 Å². The molecule has 0 bridgehead atoms. The molecule has 0 saturated carbocycles. The van der Waals surface area contributed by atoms with Crippen LogP contribution in [0.1, 0.15) is 47.7 Å². The Balaban J connectivity index is 1.41. The highest BCUT2D eigenvalue weighted by Gasteiger charge is 2.32. The maximum absolute atomic E-state index is 13.0. The molecule has 4 nitrogen and oxygen atoms in total. The second-order valence-corrected chi connectivity index (χ2v) is 8.83. The van der Waals surface area contributed by atoms with Crippen LogP contribution in [0.4, 0.5) is 0 Å². The smallest absolute Gasteiger partial charge is 0.231 e. The minimum absolute atomic E-state index is 0.0460. The quantitative estimate of drug-likeness (QED) is 0.643. The van der Waals surface area contributed by atoms with Crippen LogP contribution in [0.2, 0.25) is 0 Å². The molecule has 1 N–H and O–H groups in total. The molecule has 0 aliphatic carbocycles. The van der Waals surface area contributed by atoms with Crippen molar-refractivity contribution in [3.63, 3.8) is 0 Å². The number of allylic oxidation sites excluding steroid dienone is 1. The van der Waals surface area contributed by atoms with E-state index in [1.54, 1.807) is 12.1 Å². The minimum Gasteiger partial charge on any atom is -0.872 e. The first-order valence-corrected chi connectivity index (χ1v) is 11.4. The van der Waals surface area contributed by atoms with Gasteiger partial charge in [0.25, 0.3) is 0 Å². The van der Waals surface area contributed by atoms with Gasteiger partial charge in [0.2, 0.25) is 5.78 Å². The summed E-state index contributed by atoms with van der Waals surface area (Å²) in [6.07, 6.45) is 5.35. The first-order valence-electron chi connectivity index (χ1n) is 11.4. The Kier molecular flexibility index (Phi) is 5.54. The van der Waals surface area contributed by atoms with Gasteiger partial charge in [-0.05, 0) is 55.0 Å². The summed E-state index contributed by atoms with van der Waals surface area (Å²) in [6.45, 7) is 3.89. The first-order chi connectivity index (χ1) is 15.6. The fourth-order valence-electron chi connectivity index (χ4n) is 4.75. The molecule has 2 atom stereocenters. The highest BCUT2D eigenvalue weighted by Crippen LogP contribution is 2.38. The zero-order valence-electron chi connectivity index (χ0n) is 18.3. The number of piperidine rings is 1. The molecule has 3 aromatic carbocycles. The minimum atomic E-state index is -0.157. The number of ketones is 1. The number of rotatable bonds is 4. The van der Waals surface area contributed by atoms with Gasteiger partial charge in [-0.2, -0.15) is 0 Å². The second-order valence-electron chi connectivity index (χ2n) is 8.83. The number of likely N-dealkylation sites (tertiary alicyclic amines) is 1. The lowest BCUT2D eigenvalue weighted by molar-refractivity contribution is -0.942. The molecule has 3 aromatic rings. The number of benzene rings is 3. The molecule has 5 rings (SSSR count). The molecule has 2 aliphatic heterocycles. The average Bonchev–Trinajstić information content (AvgIpc) is 3.13. The molecule has 0 aromatic heterocycles. The van der Waals surface area contributed by atoms with Gasteiger partial charge in [-0.1, -0.05) is 66.4 Å². The topological polar surface area (TPSA) is 53.8 Å². The van der Waals surface area contributed by atoms with E-state index in [0.717, 1.165) is 23.2 Å². The summed E-state index contributed by atoms with van der Waals surface area (Å²) in [5, 5.41) is 12.7. The molecular weight excluding hydrogens is 398 g/mol. The summed E-state index contributed by atoms with van der Waals surface area (Å²) >= 11 is 0. The van der Waals surface area contributed by atoms with Crippen molar-refractivity contribution in [2.24, 2.45) is 0 Å². The van der Waals surface area contributed by atoms with E-state index in [0.29, 0.717) is 29.5 Å². The van der Waals surface area contributed by atoms with Crippen molar-refractivity contribution in [3.05, 3.63) is 89.2 Å². The van der Waals surface area contributed by atoms with Crippen LogP contribution >= 0.6 is 0 Å². The van der Waals surface area contributed by atoms with Crippen molar-refractivity contribution in [2.75, 3.05) is 6.54 Å². The molecule has 0 spiro atoms. The van der Waals surface area contributed by atoms with Crippen LogP contribution in [-0.4, -0.2) is 18.4 Å². The zero-order valence-corrected chi connectivity index (χ0v) is 18.3. The van der Waals surface area contributed by atoms with E-state index in [9.17, 15) is 9.90 Å². The molecule has 2 aliphatic rings. The van der Waals surface area contributed by atoms with Gasteiger partial charge < -0.3 is 14.7 Å². The standard InChI is InChI=1S/C28H27NO3/c1-19-7-5-6-16-29(19)18-24-25(30)15-14-23-27(31)26(32-28(23)24)17-20-10-12-22(13-11-20)21-8-3-2-4-9-21/h2-4,8-15,17,19,30H,5-7,16,18H2,1H3. The lowest BCUT2D eigenvalue weighted by atomic mass is 10.0. The lowest BCUT2D eigenvalue weighted by Gasteiger charge is -2.31. The number of carbonyl (C=O) groups is 1. The Hall–Kier alpha value is -3.37. The summed E-state index contributed by atoms with van der Waals surface area (Å²) in [4.78, 5) is 14.4. The fourth-order valence-corrected chi connectivity index (χ4v) is 4.75. The Morgan fingerprint density at radius 2 is 1.75 bits per heavy atom. The molecule has 2 unspecified atom stereocenters.